The van der Waals surface area contributed by atoms with E-state index in [2.05, 4.69) is 15.6 Å². The van der Waals surface area contributed by atoms with Gasteiger partial charge in [-0.1, -0.05) is 11.6 Å². The number of hydrogen-bond donors (Lipinski definition) is 2. The SMILES string of the molecule is CC(Oc1ccc2c(-c3ccc(F)cc3Cl)ccnc2c1)C(=O)N1CC[C@@H](NC(=O)NC(C)(C)C)C1. The van der Waals surface area contributed by atoms with E-state index in [1.54, 1.807) is 36.2 Å². The zero-order valence-corrected chi connectivity index (χ0v) is 21.5. The van der Waals surface area contributed by atoms with Gasteiger partial charge in [-0.2, -0.15) is 0 Å². The molecule has 2 heterocycles. The van der Waals surface area contributed by atoms with Crippen molar-refractivity contribution in [2.45, 2.75) is 51.8 Å². The molecule has 1 fully saturated rings. The van der Waals surface area contributed by atoms with Gasteiger partial charge in [0.2, 0.25) is 0 Å². The summed E-state index contributed by atoms with van der Waals surface area (Å²) >= 11 is 6.27. The third-order valence-electron chi connectivity index (χ3n) is 5.92. The van der Waals surface area contributed by atoms with Crippen LogP contribution in [0.1, 0.15) is 34.1 Å². The first-order valence-corrected chi connectivity index (χ1v) is 12.3. The number of likely N-dealkylation sites (tertiary alicyclic amines) is 1. The number of fused-ring (bicyclic) bond motifs is 1. The minimum atomic E-state index is -0.709. The summed E-state index contributed by atoms with van der Waals surface area (Å²) in [6.07, 6.45) is 1.63. The van der Waals surface area contributed by atoms with Crippen LogP contribution in [0.15, 0.2) is 48.7 Å². The Labute approximate surface area is 215 Å². The van der Waals surface area contributed by atoms with Gasteiger partial charge >= 0.3 is 6.03 Å². The van der Waals surface area contributed by atoms with Gasteiger partial charge in [-0.3, -0.25) is 9.78 Å². The molecule has 0 radical (unpaired) electrons. The molecule has 0 bridgehead atoms. The van der Waals surface area contributed by atoms with E-state index in [0.717, 1.165) is 10.9 Å². The number of halogens is 2. The van der Waals surface area contributed by atoms with E-state index < -0.39 is 11.9 Å². The number of hydrogen-bond acceptors (Lipinski definition) is 4. The smallest absolute Gasteiger partial charge is 0.315 e. The molecular formula is C27H30ClFN4O3. The molecule has 190 valence electrons. The maximum Gasteiger partial charge on any atom is 0.315 e. The number of ether oxygens (including phenoxy) is 1. The number of nitrogens with zero attached hydrogens (tertiary/aromatic N) is 2. The lowest BCUT2D eigenvalue weighted by Crippen LogP contribution is -2.50. The molecule has 3 amide bonds. The average Bonchev–Trinajstić information content (AvgIpc) is 3.25. The number of carbonyl (C=O) groups excluding carboxylic acids is 2. The molecule has 0 saturated carbocycles. The maximum absolute atomic E-state index is 13.5. The first kappa shape index (κ1) is 25.7. The molecule has 1 saturated heterocycles. The van der Waals surface area contributed by atoms with E-state index in [0.29, 0.717) is 41.4 Å². The zero-order chi connectivity index (χ0) is 26.0. The molecule has 1 aliphatic rings. The van der Waals surface area contributed by atoms with E-state index >= 15 is 0 Å². The van der Waals surface area contributed by atoms with E-state index in [-0.39, 0.29) is 23.5 Å². The Kier molecular flexibility index (Phi) is 7.36. The van der Waals surface area contributed by atoms with Crippen molar-refractivity contribution in [2.75, 3.05) is 13.1 Å². The molecular weight excluding hydrogens is 483 g/mol. The van der Waals surface area contributed by atoms with E-state index in [1.807, 2.05) is 32.9 Å². The topological polar surface area (TPSA) is 83.6 Å². The molecule has 2 N–H and O–H groups in total. The van der Waals surface area contributed by atoms with Gasteiger partial charge in [0.15, 0.2) is 6.10 Å². The first-order chi connectivity index (χ1) is 17.0. The Hall–Kier alpha value is -3.39. The van der Waals surface area contributed by atoms with Crippen molar-refractivity contribution in [3.8, 4) is 16.9 Å². The number of amides is 3. The summed E-state index contributed by atoms with van der Waals surface area (Å²) in [6.45, 7) is 8.44. The van der Waals surface area contributed by atoms with Gasteiger partial charge in [-0.15, -0.1) is 0 Å². The number of benzene rings is 2. The lowest BCUT2D eigenvalue weighted by Gasteiger charge is -2.24. The molecule has 9 heteroatoms. The third kappa shape index (κ3) is 6.05. The molecule has 36 heavy (non-hydrogen) atoms. The maximum atomic E-state index is 13.5. The molecule has 2 atom stereocenters. The molecule has 1 unspecified atom stereocenters. The molecule has 0 spiro atoms. The predicted molar refractivity (Wildman–Crippen MR) is 139 cm³/mol. The van der Waals surface area contributed by atoms with Crippen molar-refractivity contribution < 1.29 is 18.7 Å². The Morgan fingerprint density at radius 1 is 1.17 bits per heavy atom. The quantitative estimate of drug-likeness (QED) is 0.494. The van der Waals surface area contributed by atoms with Crippen molar-refractivity contribution in [2.24, 2.45) is 0 Å². The molecule has 1 aromatic heterocycles. The fraction of sp³-hybridized carbons (Fsp3) is 0.370. The second-order valence-corrected chi connectivity index (χ2v) is 10.4. The van der Waals surface area contributed by atoms with Gasteiger partial charge in [-0.25, -0.2) is 9.18 Å². The molecule has 3 aromatic rings. The van der Waals surface area contributed by atoms with E-state index in [9.17, 15) is 14.0 Å². The molecule has 0 aliphatic carbocycles. The summed E-state index contributed by atoms with van der Waals surface area (Å²) in [4.78, 5) is 31.3. The number of carbonyl (C=O) groups is 2. The number of nitrogens with one attached hydrogen (secondary N) is 2. The van der Waals surface area contributed by atoms with Gasteiger partial charge in [0, 0.05) is 47.9 Å². The second-order valence-electron chi connectivity index (χ2n) is 10.0. The Morgan fingerprint density at radius 3 is 2.67 bits per heavy atom. The van der Waals surface area contributed by atoms with Crippen molar-refractivity contribution in [3.63, 3.8) is 0 Å². The fourth-order valence-electron chi connectivity index (χ4n) is 4.30. The summed E-state index contributed by atoms with van der Waals surface area (Å²) in [5, 5.41) is 6.95. The minimum absolute atomic E-state index is 0.106. The van der Waals surface area contributed by atoms with Gasteiger partial charge in [-0.05, 0) is 76.1 Å². The lowest BCUT2D eigenvalue weighted by molar-refractivity contribution is -0.136. The summed E-state index contributed by atoms with van der Waals surface area (Å²) in [5.74, 6) is -0.0307. The van der Waals surface area contributed by atoms with Gasteiger partial charge in [0.05, 0.1) is 10.5 Å². The van der Waals surface area contributed by atoms with Crippen molar-refractivity contribution in [1.82, 2.24) is 20.5 Å². The van der Waals surface area contributed by atoms with Gasteiger partial charge in [0.1, 0.15) is 11.6 Å². The number of aromatic nitrogens is 1. The average molecular weight is 513 g/mol. The van der Waals surface area contributed by atoms with Crippen LogP contribution in [0.25, 0.3) is 22.0 Å². The largest absolute Gasteiger partial charge is 0.481 e. The van der Waals surface area contributed by atoms with Crippen molar-refractivity contribution in [3.05, 3.63) is 59.5 Å². The highest BCUT2D eigenvalue weighted by Crippen LogP contribution is 2.34. The van der Waals surface area contributed by atoms with Crippen LogP contribution in [0.5, 0.6) is 5.75 Å². The van der Waals surface area contributed by atoms with Crippen LogP contribution in [-0.2, 0) is 4.79 Å². The summed E-state index contributed by atoms with van der Waals surface area (Å²) in [6, 6.07) is 11.2. The number of urea groups is 1. The van der Waals surface area contributed by atoms with Crippen molar-refractivity contribution in [1.29, 1.82) is 0 Å². The highest BCUT2D eigenvalue weighted by molar-refractivity contribution is 6.33. The minimum Gasteiger partial charge on any atom is -0.481 e. The van der Waals surface area contributed by atoms with Crippen LogP contribution < -0.4 is 15.4 Å². The van der Waals surface area contributed by atoms with Gasteiger partial charge < -0.3 is 20.3 Å². The summed E-state index contributed by atoms with van der Waals surface area (Å²) in [5.41, 5.74) is 1.87. The Morgan fingerprint density at radius 2 is 1.94 bits per heavy atom. The van der Waals surface area contributed by atoms with Crippen LogP contribution in [0, 0.1) is 5.82 Å². The molecule has 1 aliphatic heterocycles. The Balaban J connectivity index is 1.42. The highest BCUT2D eigenvalue weighted by Gasteiger charge is 2.31. The molecule has 2 aromatic carbocycles. The summed E-state index contributed by atoms with van der Waals surface area (Å²) < 4.78 is 19.5. The molecule has 4 rings (SSSR count). The normalized spacial score (nSPS) is 16.6. The van der Waals surface area contributed by atoms with Crippen molar-refractivity contribution >= 4 is 34.4 Å². The predicted octanol–water partition coefficient (Wildman–Crippen LogP) is 5.16. The number of pyridine rings is 1. The van der Waals surface area contributed by atoms with E-state index in [4.69, 9.17) is 16.3 Å². The lowest BCUT2D eigenvalue weighted by atomic mass is 10.0. The van der Waals surface area contributed by atoms with Gasteiger partial charge in [0.25, 0.3) is 5.91 Å². The fourth-order valence-corrected chi connectivity index (χ4v) is 4.56. The second kappa shape index (κ2) is 10.3. The summed E-state index contributed by atoms with van der Waals surface area (Å²) in [7, 11) is 0. The van der Waals surface area contributed by atoms with Crippen LogP contribution in [0.2, 0.25) is 5.02 Å². The van der Waals surface area contributed by atoms with Crippen LogP contribution >= 0.6 is 11.6 Å². The Bertz CT molecular complexity index is 1290. The van der Waals surface area contributed by atoms with Crippen LogP contribution in [0.4, 0.5) is 9.18 Å². The van der Waals surface area contributed by atoms with E-state index in [1.165, 1.54) is 12.1 Å². The van der Waals surface area contributed by atoms with Crippen LogP contribution in [-0.4, -0.2) is 52.6 Å². The third-order valence-corrected chi connectivity index (χ3v) is 6.23. The zero-order valence-electron chi connectivity index (χ0n) is 20.8. The molecule has 7 nitrogen and oxygen atoms in total. The first-order valence-electron chi connectivity index (χ1n) is 11.9. The van der Waals surface area contributed by atoms with Crippen LogP contribution in [0.3, 0.4) is 0 Å². The monoisotopic (exact) mass is 512 g/mol. The highest BCUT2D eigenvalue weighted by atomic mass is 35.5. The number of rotatable bonds is 5. The standard InChI is InChI=1S/C27H30ClFN4O3/c1-16(25(34)33-12-10-18(15-33)31-26(35)32-27(2,3)4)36-19-6-8-22-20(9-11-30-24(22)14-19)21-7-5-17(29)13-23(21)28/h5-9,11,13-14,16,18H,10,12,15H2,1-4H3,(H2,31,32,35)/t16?,18-/m1/s1.